The first-order chi connectivity index (χ1) is 10.1. The summed E-state index contributed by atoms with van der Waals surface area (Å²) in [5.74, 6) is 0.124. The summed E-state index contributed by atoms with van der Waals surface area (Å²) in [5.41, 5.74) is 1.84. The maximum Gasteiger partial charge on any atom is 0.253 e. The van der Waals surface area contributed by atoms with Gasteiger partial charge in [0.1, 0.15) is 0 Å². The molecule has 1 aromatic heterocycles. The van der Waals surface area contributed by atoms with E-state index in [-0.39, 0.29) is 11.4 Å². The molecule has 0 saturated carbocycles. The van der Waals surface area contributed by atoms with Crippen LogP contribution in [0.4, 0.5) is 0 Å². The number of carbonyl (C=O) groups excluding carboxylic acids is 1. The van der Waals surface area contributed by atoms with Gasteiger partial charge in [0.2, 0.25) is 0 Å². The van der Waals surface area contributed by atoms with Gasteiger partial charge in [-0.05, 0) is 51.1 Å². The van der Waals surface area contributed by atoms with E-state index in [2.05, 4.69) is 17.2 Å². The number of fused-ring (bicyclic) bond motifs is 1. The number of benzene rings is 1. The van der Waals surface area contributed by atoms with Crippen molar-refractivity contribution in [1.82, 2.24) is 15.2 Å². The van der Waals surface area contributed by atoms with Gasteiger partial charge < -0.3 is 10.2 Å². The van der Waals surface area contributed by atoms with Gasteiger partial charge >= 0.3 is 0 Å². The van der Waals surface area contributed by atoms with Crippen molar-refractivity contribution in [1.29, 1.82) is 0 Å². The van der Waals surface area contributed by atoms with Crippen molar-refractivity contribution in [2.75, 3.05) is 20.1 Å². The van der Waals surface area contributed by atoms with Crippen LogP contribution in [0.15, 0.2) is 36.5 Å². The van der Waals surface area contributed by atoms with Crippen LogP contribution in [0.3, 0.4) is 0 Å². The Morgan fingerprint density at radius 1 is 1.29 bits per heavy atom. The van der Waals surface area contributed by atoms with E-state index in [1.807, 2.05) is 42.3 Å². The maximum absolute atomic E-state index is 12.6. The molecule has 21 heavy (non-hydrogen) atoms. The van der Waals surface area contributed by atoms with Crippen molar-refractivity contribution in [2.24, 2.45) is 0 Å². The number of nitrogens with one attached hydrogen (secondary N) is 1. The molecule has 1 amide bonds. The number of hydrogen-bond acceptors (Lipinski definition) is 3. The van der Waals surface area contributed by atoms with E-state index in [9.17, 15) is 4.79 Å². The van der Waals surface area contributed by atoms with Gasteiger partial charge in [0, 0.05) is 35.8 Å². The average molecular weight is 283 g/mol. The number of aromatic nitrogens is 1. The van der Waals surface area contributed by atoms with Crippen molar-refractivity contribution >= 4 is 16.8 Å². The molecular formula is C17H21N3O. The normalized spacial score (nSPS) is 17.9. The van der Waals surface area contributed by atoms with Crippen LogP contribution in [-0.4, -0.2) is 41.5 Å². The average Bonchev–Trinajstić information content (AvgIpc) is 2.54. The van der Waals surface area contributed by atoms with E-state index in [1.165, 1.54) is 0 Å². The Hall–Kier alpha value is -1.94. The first kappa shape index (κ1) is 14.0. The zero-order chi connectivity index (χ0) is 14.9. The second kappa shape index (κ2) is 5.45. The first-order valence-electron chi connectivity index (χ1n) is 7.44. The molecule has 110 valence electrons. The molecular weight excluding hydrogens is 262 g/mol. The molecule has 0 radical (unpaired) electrons. The largest absolute Gasteiger partial charge is 0.339 e. The molecule has 1 fully saturated rings. The molecule has 1 saturated heterocycles. The second-order valence-electron chi connectivity index (χ2n) is 6.01. The van der Waals surface area contributed by atoms with Crippen molar-refractivity contribution in [3.63, 3.8) is 0 Å². The maximum atomic E-state index is 12.6. The van der Waals surface area contributed by atoms with Crippen LogP contribution in [0, 0.1) is 0 Å². The van der Waals surface area contributed by atoms with Crippen LogP contribution in [0.5, 0.6) is 0 Å². The molecule has 1 aliphatic heterocycles. The third-order valence-electron chi connectivity index (χ3n) is 4.61. The number of piperidine rings is 1. The van der Waals surface area contributed by atoms with Gasteiger partial charge in [-0.1, -0.05) is 6.07 Å². The fraction of sp³-hybridized carbons (Fsp3) is 0.412. The highest BCUT2D eigenvalue weighted by Gasteiger charge is 2.30. The quantitative estimate of drug-likeness (QED) is 0.921. The minimum Gasteiger partial charge on any atom is -0.339 e. The van der Waals surface area contributed by atoms with Gasteiger partial charge in [0.15, 0.2) is 0 Å². The van der Waals surface area contributed by atoms with Crippen LogP contribution in [0.1, 0.15) is 30.1 Å². The van der Waals surface area contributed by atoms with Crippen molar-refractivity contribution in [3.8, 4) is 0 Å². The Balaban J connectivity index is 1.78. The molecule has 0 atom stereocenters. The number of rotatable bonds is 2. The zero-order valence-corrected chi connectivity index (χ0v) is 12.6. The van der Waals surface area contributed by atoms with Crippen molar-refractivity contribution in [3.05, 3.63) is 42.1 Å². The summed E-state index contributed by atoms with van der Waals surface area (Å²) in [5, 5.41) is 4.37. The molecule has 4 nitrogen and oxygen atoms in total. The van der Waals surface area contributed by atoms with E-state index in [1.54, 1.807) is 6.20 Å². The fourth-order valence-electron chi connectivity index (χ4n) is 2.84. The third kappa shape index (κ3) is 2.76. The van der Waals surface area contributed by atoms with E-state index in [0.717, 1.165) is 42.4 Å². The number of pyridine rings is 1. The predicted octanol–water partition coefficient (Wildman–Crippen LogP) is 2.45. The lowest BCUT2D eigenvalue weighted by atomic mass is 9.89. The van der Waals surface area contributed by atoms with Gasteiger partial charge in [-0.3, -0.25) is 9.78 Å². The van der Waals surface area contributed by atoms with Crippen LogP contribution in [-0.2, 0) is 0 Å². The highest BCUT2D eigenvalue weighted by molar-refractivity contribution is 5.98. The van der Waals surface area contributed by atoms with E-state index < -0.39 is 0 Å². The van der Waals surface area contributed by atoms with Crippen molar-refractivity contribution < 1.29 is 4.79 Å². The second-order valence-corrected chi connectivity index (χ2v) is 6.01. The lowest BCUT2D eigenvalue weighted by Crippen LogP contribution is -2.51. The Bertz CT molecular complexity index is 660. The van der Waals surface area contributed by atoms with Gasteiger partial charge in [0.25, 0.3) is 5.91 Å². The lowest BCUT2D eigenvalue weighted by molar-refractivity contribution is 0.0662. The van der Waals surface area contributed by atoms with E-state index in [4.69, 9.17) is 0 Å². The van der Waals surface area contributed by atoms with Crippen LogP contribution < -0.4 is 5.32 Å². The minimum absolute atomic E-state index is 0.124. The summed E-state index contributed by atoms with van der Waals surface area (Å²) in [6, 6.07) is 9.63. The molecule has 0 bridgehead atoms. The summed E-state index contributed by atoms with van der Waals surface area (Å²) < 4.78 is 0. The predicted molar refractivity (Wildman–Crippen MR) is 84.3 cm³/mol. The lowest BCUT2D eigenvalue weighted by Gasteiger charge is -2.39. The molecule has 3 rings (SSSR count). The monoisotopic (exact) mass is 283 g/mol. The number of hydrogen-bond donors (Lipinski definition) is 1. The number of amides is 1. The summed E-state index contributed by atoms with van der Waals surface area (Å²) in [6.45, 7) is 3.83. The Morgan fingerprint density at radius 2 is 2.05 bits per heavy atom. The molecule has 0 spiro atoms. The Kier molecular flexibility index (Phi) is 3.64. The molecule has 1 aliphatic rings. The summed E-state index contributed by atoms with van der Waals surface area (Å²) in [7, 11) is 1.99. The molecule has 2 aromatic rings. The Morgan fingerprint density at radius 3 is 2.76 bits per heavy atom. The van der Waals surface area contributed by atoms with Crippen LogP contribution >= 0.6 is 0 Å². The van der Waals surface area contributed by atoms with Gasteiger partial charge in [0.05, 0.1) is 5.52 Å². The molecule has 0 unspecified atom stereocenters. The van der Waals surface area contributed by atoms with Crippen molar-refractivity contribution in [2.45, 2.75) is 25.3 Å². The minimum atomic E-state index is 0.124. The fourth-order valence-corrected chi connectivity index (χ4v) is 2.84. The summed E-state index contributed by atoms with van der Waals surface area (Å²) >= 11 is 0. The van der Waals surface area contributed by atoms with Gasteiger partial charge in [-0.25, -0.2) is 0 Å². The zero-order valence-electron chi connectivity index (χ0n) is 12.6. The highest BCUT2D eigenvalue weighted by atomic mass is 16.2. The van der Waals surface area contributed by atoms with Gasteiger partial charge in [-0.15, -0.1) is 0 Å². The number of carbonyl (C=O) groups is 1. The van der Waals surface area contributed by atoms with Gasteiger partial charge in [-0.2, -0.15) is 0 Å². The molecule has 0 aliphatic carbocycles. The molecule has 4 heteroatoms. The smallest absolute Gasteiger partial charge is 0.253 e. The third-order valence-corrected chi connectivity index (χ3v) is 4.61. The molecule has 1 aromatic carbocycles. The topological polar surface area (TPSA) is 45.2 Å². The number of likely N-dealkylation sites (tertiary alicyclic amines) is 1. The molecule has 1 N–H and O–H groups in total. The molecule has 2 heterocycles. The summed E-state index contributed by atoms with van der Waals surface area (Å²) in [4.78, 5) is 18.9. The Labute approximate surface area is 125 Å². The van der Waals surface area contributed by atoms with Crippen LogP contribution in [0.2, 0.25) is 0 Å². The summed E-state index contributed by atoms with van der Waals surface area (Å²) in [6.07, 6.45) is 3.75. The standard InChI is InChI=1S/C17H21N3O/c1-17(18-2)7-10-20(11-8-17)16(21)14-5-6-15-13(12-14)4-3-9-19-15/h3-6,9,12,18H,7-8,10-11H2,1-2H3. The first-order valence-corrected chi connectivity index (χ1v) is 7.44. The highest BCUT2D eigenvalue weighted by Crippen LogP contribution is 2.23. The number of nitrogens with zero attached hydrogens (tertiary/aromatic N) is 2. The SMILES string of the molecule is CNC1(C)CCN(C(=O)c2ccc3ncccc3c2)CC1. The van der Waals surface area contributed by atoms with Crippen LogP contribution in [0.25, 0.3) is 10.9 Å². The van der Waals surface area contributed by atoms with E-state index >= 15 is 0 Å². The van der Waals surface area contributed by atoms with E-state index in [0.29, 0.717) is 0 Å².